The van der Waals surface area contributed by atoms with E-state index in [1.165, 1.54) is 73.3 Å². The second-order valence-electron chi connectivity index (χ2n) is 13.7. The molecule has 44 heavy (non-hydrogen) atoms. The lowest BCUT2D eigenvalue weighted by atomic mass is 9.70. The maximum atomic E-state index is 14.2. The molecule has 0 amide bonds. The molecule has 3 aliphatic carbocycles. The molecule has 3 unspecified atom stereocenters. The van der Waals surface area contributed by atoms with Crippen LogP contribution in [0.2, 0.25) is 0 Å². The number of benzene rings is 1. The van der Waals surface area contributed by atoms with Crippen LogP contribution in [-0.2, 0) is 16.0 Å². The lowest BCUT2D eigenvalue weighted by Gasteiger charge is -2.33. The largest absolute Gasteiger partial charge is 0.300 e. The zero-order chi connectivity index (χ0) is 31.5. The molecule has 3 heteroatoms. The van der Waals surface area contributed by atoms with Crippen molar-refractivity contribution in [1.82, 2.24) is 0 Å². The standard InChI is InChI=1S/C41H56O3/c1-5-19-34(35(6-2)39(43)24-29(3)42)25-31-26-38-37(33-22-17-13-9-10-14-18-23-33)28-36(30(4)41(38)40(44)27-31)32-20-15-11-7-8-12-16-21-32/h11,15,17,20,22-23,28,31,34-35H,5-10,12-14,16,18-19,21,24-27H2,1-4H3/b15-11-,22-17-,32-20+,33-23+. The van der Waals surface area contributed by atoms with Gasteiger partial charge >= 0.3 is 0 Å². The Morgan fingerprint density at radius 1 is 0.932 bits per heavy atom. The van der Waals surface area contributed by atoms with Gasteiger partial charge in [0.05, 0.1) is 6.42 Å². The van der Waals surface area contributed by atoms with Gasteiger partial charge in [0.2, 0.25) is 0 Å². The highest BCUT2D eigenvalue weighted by atomic mass is 16.1. The maximum Gasteiger partial charge on any atom is 0.163 e. The smallest absolute Gasteiger partial charge is 0.163 e. The minimum Gasteiger partial charge on any atom is -0.300 e. The number of ketones is 3. The van der Waals surface area contributed by atoms with E-state index in [0.717, 1.165) is 68.9 Å². The molecule has 3 atom stereocenters. The molecule has 0 bridgehead atoms. The van der Waals surface area contributed by atoms with Gasteiger partial charge in [-0.1, -0.05) is 76.0 Å². The van der Waals surface area contributed by atoms with E-state index in [4.69, 9.17) is 0 Å². The highest BCUT2D eigenvalue weighted by Gasteiger charge is 2.35. The van der Waals surface area contributed by atoms with E-state index in [1.54, 1.807) is 0 Å². The Hall–Kier alpha value is -2.81. The average molecular weight is 597 g/mol. The van der Waals surface area contributed by atoms with Crippen molar-refractivity contribution >= 4 is 28.5 Å². The quantitative estimate of drug-likeness (QED) is 0.239. The summed E-state index contributed by atoms with van der Waals surface area (Å²) in [4.78, 5) is 39.2. The number of allylic oxidation sites excluding steroid dienone is 8. The van der Waals surface area contributed by atoms with Crippen molar-refractivity contribution in [3.05, 3.63) is 70.3 Å². The lowest BCUT2D eigenvalue weighted by Crippen LogP contribution is -2.30. The van der Waals surface area contributed by atoms with Crippen LogP contribution in [0.1, 0.15) is 156 Å². The van der Waals surface area contributed by atoms with E-state index >= 15 is 0 Å². The van der Waals surface area contributed by atoms with Crippen molar-refractivity contribution in [3.63, 3.8) is 0 Å². The number of hydrogen-bond donors (Lipinski definition) is 0. The van der Waals surface area contributed by atoms with Crippen LogP contribution in [0.15, 0.2) is 42.5 Å². The first-order valence-corrected chi connectivity index (χ1v) is 17.8. The normalized spacial score (nSPS) is 24.7. The zero-order valence-electron chi connectivity index (χ0n) is 28.0. The molecule has 0 radical (unpaired) electrons. The number of rotatable bonds is 11. The van der Waals surface area contributed by atoms with Crippen LogP contribution >= 0.6 is 0 Å². The predicted molar refractivity (Wildman–Crippen MR) is 185 cm³/mol. The number of fused-ring (bicyclic) bond motifs is 1. The molecule has 1 aromatic rings. The molecule has 3 aliphatic rings. The Morgan fingerprint density at radius 2 is 1.68 bits per heavy atom. The lowest BCUT2D eigenvalue weighted by molar-refractivity contribution is -0.129. The van der Waals surface area contributed by atoms with Crippen LogP contribution in [0, 0.1) is 24.7 Å². The molecule has 0 aliphatic heterocycles. The summed E-state index contributed by atoms with van der Waals surface area (Å²) in [5.41, 5.74) is 8.44. The minimum atomic E-state index is -0.109. The first kappa shape index (κ1) is 34.1. The molecular weight excluding hydrogens is 540 g/mol. The summed E-state index contributed by atoms with van der Waals surface area (Å²) in [6.45, 7) is 7.94. The van der Waals surface area contributed by atoms with Crippen LogP contribution in [0.25, 0.3) is 11.1 Å². The van der Waals surface area contributed by atoms with Gasteiger partial charge < -0.3 is 0 Å². The van der Waals surface area contributed by atoms with E-state index in [0.29, 0.717) is 6.42 Å². The fourth-order valence-electron chi connectivity index (χ4n) is 8.05. The third-order valence-electron chi connectivity index (χ3n) is 10.2. The number of carbonyl (C=O) groups excluding carboxylic acids is 3. The molecule has 4 rings (SSSR count). The van der Waals surface area contributed by atoms with E-state index in [-0.39, 0.29) is 41.5 Å². The number of Topliss-reactive ketones (excluding diaryl/α,β-unsaturated/α-hetero) is 3. The topological polar surface area (TPSA) is 51.2 Å². The van der Waals surface area contributed by atoms with Crippen molar-refractivity contribution in [2.75, 3.05) is 0 Å². The Labute approximate surface area is 267 Å². The fraction of sp³-hybridized carbons (Fsp3) is 0.585. The second-order valence-corrected chi connectivity index (χ2v) is 13.7. The molecule has 238 valence electrons. The van der Waals surface area contributed by atoms with Gasteiger partial charge in [-0.2, -0.15) is 0 Å². The van der Waals surface area contributed by atoms with Crippen molar-refractivity contribution in [2.45, 2.75) is 137 Å². The third kappa shape index (κ3) is 8.89. The van der Waals surface area contributed by atoms with E-state index < -0.39 is 0 Å². The zero-order valence-corrected chi connectivity index (χ0v) is 28.0. The molecular formula is C41H56O3. The highest BCUT2D eigenvalue weighted by molar-refractivity contribution is 6.03. The average Bonchev–Trinajstić information content (AvgIpc) is 3.21. The summed E-state index contributed by atoms with van der Waals surface area (Å²) in [5.74, 6) is 0.607. The maximum absolute atomic E-state index is 14.2. The molecule has 0 saturated heterocycles. The van der Waals surface area contributed by atoms with Crippen LogP contribution in [0.4, 0.5) is 0 Å². The van der Waals surface area contributed by atoms with Gasteiger partial charge in [0.1, 0.15) is 11.6 Å². The van der Waals surface area contributed by atoms with E-state index in [1.807, 2.05) is 0 Å². The van der Waals surface area contributed by atoms with Crippen molar-refractivity contribution in [2.24, 2.45) is 17.8 Å². The van der Waals surface area contributed by atoms with Gasteiger partial charge in [0.25, 0.3) is 0 Å². The highest BCUT2D eigenvalue weighted by Crippen LogP contribution is 2.42. The van der Waals surface area contributed by atoms with Gasteiger partial charge in [-0.15, -0.1) is 0 Å². The van der Waals surface area contributed by atoms with E-state index in [2.05, 4.69) is 63.3 Å². The summed E-state index contributed by atoms with van der Waals surface area (Å²) in [6.07, 6.45) is 30.6. The molecule has 0 spiro atoms. The molecule has 3 nitrogen and oxygen atoms in total. The van der Waals surface area contributed by atoms with Crippen LogP contribution < -0.4 is 0 Å². The Balaban J connectivity index is 1.78. The molecule has 0 aromatic heterocycles. The Kier molecular flexibility index (Phi) is 13.2. The van der Waals surface area contributed by atoms with Crippen molar-refractivity contribution < 1.29 is 14.4 Å². The first-order valence-electron chi connectivity index (χ1n) is 17.8. The van der Waals surface area contributed by atoms with Crippen LogP contribution in [0.3, 0.4) is 0 Å². The van der Waals surface area contributed by atoms with Crippen LogP contribution in [0.5, 0.6) is 0 Å². The van der Waals surface area contributed by atoms with Crippen molar-refractivity contribution in [3.8, 4) is 0 Å². The Bertz CT molecular complexity index is 1300. The predicted octanol–water partition coefficient (Wildman–Crippen LogP) is 10.9. The summed E-state index contributed by atoms with van der Waals surface area (Å²) in [6, 6.07) is 2.42. The van der Waals surface area contributed by atoms with Gasteiger partial charge in [-0.05, 0) is 136 Å². The number of carbonyl (C=O) groups is 3. The van der Waals surface area contributed by atoms with Gasteiger partial charge in [-0.25, -0.2) is 0 Å². The number of hydrogen-bond acceptors (Lipinski definition) is 3. The third-order valence-corrected chi connectivity index (χ3v) is 10.2. The molecule has 0 heterocycles. The monoisotopic (exact) mass is 596 g/mol. The molecule has 0 N–H and O–H groups in total. The summed E-state index contributed by atoms with van der Waals surface area (Å²) >= 11 is 0. The summed E-state index contributed by atoms with van der Waals surface area (Å²) in [5, 5.41) is 0. The van der Waals surface area contributed by atoms with Gasteiger partial charge in [0, 0.05) is 17.9 Å². The fourth-order valence-corrected chi connectivity index (χ4v) is 8.05. The minimum absolute atomic E-state index is 0.0306. The van der Waals surface area contributed by atoms with E-state index in [9.17, 15) is 14.4 Å². The van der Waals surface area contributed by atoms with Gasteiger partial charge in [0.15, 0.2) is 5.78 Å². The Morgan fingerprint density at radius 3 is 2.43 bits per heavy atom. The first-order chi connectivity index (χ1) is 21.3. The van der Waals surface area contributed by atoms with Crippen LogP contribution in [-0.4, -0.2) is 17.3 Å². The molecule has 0 saturated carbocycles. The second kappa shape index (κ2) is 17.0. The molecule has 1 aromatic carbocycles. The summed E-state index contributed by atoms with van der Waals surface area (Å²) < 4.78 is 0. The molecule has 0 fully saturated rings. The van der Waals surface area contributed by atoms with Crippen molar-refractivity contribution in [1.29, 1.82) is 0 Å². The van der Waals surface area contributed by atoms with Gasteiger partial charge in [-0.3, -0.25) is 14.4 Å². The SMILES string of the molecule is CCCC(CC1CC(=O)c2c(C)c(/C3=C/C=C\CCCCC3)cc(C3=C/CCCCC/C=C\3)c2C1)C(CC)C(=O)CC(C)=O. The summed E-state index contributed by atoms with van der Waals surface area (Å²) in [7, 11) is 0.